The normalized spacial score (nSPS) is 19.4. The summed E-state index contributed by atoms with van der Waals surface area (Å²) in [6.45, 7) is 9.24. The molecular weight excluding hydrogens is 424 g/mol. The average molecular weight is 463 g/mol. The van der Waals surface area contributed by atoms with Crippen molar-refractivity contribution in [1.82, 2.24) is 0 Å². The molecule has 0 radical (unpaired) electrons. The SMILES string of the molecule is CCCCCCOc1ccc(C(=O)Oc2ccc(/C=C3\C(=O)[C@H](C(C)C)CC[C@H]3C)cc2)cc1. The fourth-order valence-corrected chi connectivity index (χ4v) is 4.41. The number of Topliss-reactive ketones (excluding diaryl/α,β-unsaturated/α-hetero) is 1. The number of carbonyl (C=O) groups is 2. The lowest BCUT2D eigenvalue weighted by atomic mass is 9.73. The highest BCUT2D eigenvalue weighted by Crippen LogP contribution is 2.35. The van der Waals surface area contributed by atoms with Crippen molar-refractivity contribution in [2.75, 3.05) is 6.61 Å². The first-order valence-corrected chi connectivity index (χ1v) is 12.7. The first-order chi connectivity index (χ1) is 16.4. The molecule has 1 aliphatic rings. The molecule has 1 aliphatic carbocycles. The lowest BCUT2D eigenvalue weighted by Crippen LogP contribution is -2.30. The molecule has 1 saturated carbocycles. The summed E-state index contributed by atoms with van der Waals surface area (Å²) in [4.78, 5) is 25.5. The van der Waals surface area contributed by atoms with E-state index in [1.165, 1.54) is 19.3 Å². The van der Waals surface area contributed by atoms with Crippen LogP contribution < -0.4 is 9.47 Å². The number of ether oxygens (including phenoxy) is 2. The number of carbonyl (C=O) groups excluding carboxylic acids is 2. The van der Waals surface area contributed by atoms with Gasteiger partial charge in [0, 0.05) is 5.92 Å². The highest BCUT2D eigenvalue weighted by atomic mass is 16.5. The van der Waals surface area contributed by atoms with Gasteiger partial charge in [0.2, 0.25) is 0 Å². The largest absolute Gasteiger partial charge is 0.494 e. The molecule has 34 heavy (non-hydrogen) atoms. The van der Waals surface area contributed by atoms with Gasteiger partial charge in [-0.05, 0) is 84.7 Å². The molecule has 2 aromatic carbocycles. The second kappa shape index (κ2) is 12.5. The molecule has 4 heteroatoms. The van der Waals surface area contributed by atoms with Crippen LogP contribution in [-0.2, 0) is 4.79 Å². The minimum atomic E-state index is -0.406. The molecule has 2 atom stereocenters. The molecule has 0 saturated heterocycles. The van der Waals surface area contributed by atoms with Crippen LogP contribution in [0.3, 0.4) is 0 Å². The molecule has 0 heterocycles. The smallest absolute Gasteiger partial charge is 0.343 e. The van der Waals surface area contributed by atoms with E-state index in [0.717, 1.165) is 36.1 Å². The van der Waals surface area contributed by atoms with Crippen molar-refractivity contribution >= 4 is 17.8 Å². The Hall–Kier alpha value is -2.88. The number of ketones is 1. The standard InChI is InChI=1S/C30H38O4/c1-5-6-7-8-19-33-25-16-12-24(13-17-25)30(32)34-26-14-10-23(11-15-26)20-28-22(4)9-18-27(21(2)3)29(28)31/h10-17,20-22,27H,5-9,18-19H2,1-4H3/b28-20-/t22-,27+/m1/s1. The van der Waals surface area contributed by atoms with Gasteiger partial charge < -0.3 is 9.47 Å². The third-order valence-corrected chi connectivity index (χ3v) is 6.64. The zero-order valence-electron chi connectivity index (χ0n) is 21.0. The molecular formula is C30H38O4. The molecule has 2 aromatic rings. The van der Waals surface area contributed by atoms with Crippen LogP contribution in [0.1, 0.15) is 82.1 Å². The van der Waals surface area contributed by atoms with Crippen LogP contribution in [0.25, 0.3) is 6.08 Å². The summed E-state index contributed by atoms with van der Waals surface area (Å²) in [7, 11) is 0. The van der Waals surface area contributed by atoms with Crippen molar-refractivity contribution in [3.8, 4) is 11.5 Å². The maximum Gasteiger partial charge on any atom is 0.343 e. The molecule has 3 rings (SSSR count). The van der Waals surface area contributed by atoms with E-state index in [0.29, 0.717) is 23.8 Å². The van der Waals surface area contributed by atoms with Gasteiger partial charge in [0.25, 0.3) is 0 Å². The van der Waals surface area contributed by atoms with Crippen LogP contribution in [0.2, 0.25) is 0 Å². The molecule has 4 nitrogen and oxygen atoms in total. The lowest BCUT2D eigenvalue weighted by Gasteiger charge is -2.30. The number of rotatable bonds is 10. The Morgan fingerprint density at radius 2 is 1.65 bits per heavy atom. The van der Waals surface area contributed by atoms with Gasteiger partial charge in [0.05, 0.1) is 12.2 Å². The first-order valence-electron chi connectivity index (χ1n) is 12.7. The Bertz CT molecular complexity index is 970. The van der Waals surface area contributed by atoms with Crippen molar-refractivity contribution in [3.05, 3.63) is 65.2 Å². The predicted octanol–water partition coefficient (Wildman–Crippen LogP) is 7.52. The lowest BCUT2D eigenvalue weighted by molar-refractivity contribution is -0.122. The van der Waals surface area contributed by atoms with Crippen LogP contribution in [0, 0.1) is 17.8 Å². The predicted molar refractivity (Wildman–Crippen MR) is 137 cm³/mol. The minimum Gasteiger partial charge on any atom is -0.494 e. The zero-order chi connectivity index (χ0) is 24.5. The van der Waals surface area contributed by atoms with Crippen molar-refractivity contribution < 1.29 is 19.1 Å². The number of unbranched alkanes of at least 4 members (excludes halogenated alkanes) is 3. The second-order valence-corrected chi connectivity index (χ2v) is 9.68. The number of allylic oxidation sites excluding steroid dienone is 1. The van der Waals surface area contributed by atoms with Gasteiger partial charge >= 0.3 is 5.97 Å². The Kier molecular flexibility index (Phi) is 9.50. The molecule has 0 aliphatic heterocycles. The molecule has 0 amide bonds. The fourth-order valence-electron chi connectivity index (χ4n) is 4.41. The van der Waals surface area contributed by atoms with Crippen molar-refractivity contribution in [3.63, 3.8) is 0 Å². The molecule has 0 aromatic heterocycles. The zero-order valence-corrected chi connectivity index (χ0v) is 21.0. The van der Waals surface area contributed by atoms with E-state index in [-0.39, 0.29) is 17.6 Å². The number of benzene rings is 2. The Labute approximate surface area is 204 Å². The fraction of sp³-hybridized carbons (Fsp3) is 0.467. The van der Waals surface area contributed by atoms with Crippen molar-refractivity contribution in [2.45, 2.75) is 66.2 Å². The summed E-state index contributed by atoms with van der Waals surface area (Å²) >= 11 is 0. The van der Waals surface area contributed by atoms with Crippen molar-refractivity contribution in [1.29, 1.82) is 0 Å². The summed E-state index contributed by atoms with van der Waals surface area (Å²) in [5.74, 6) is 1.85. The van der Waals surface area contributed by atoms with E-state index in [4.69, 9.17) is 9.47 Å². The molecule has 0 N–H and O–H groups in total. The first kappa shape index (κ1) is 25.7. The maximum atomic E-state index is 12.9. The van der Waals surface area contributed by atoms with E-state index in [2.05, 4.69) is 27.7 Å². The quantitative estimate of drug-likeness (QED) is 0.159. The number of esters is 1. The molecule has 182 valence electrons. The van der Waals surface area contributed by atoms with Gasteiger partial charge in [-0.2, -0.15) is 0 Å². The highest BCUT2D eigenvalue weighted by Gasteiger charge is 2.32. The van der Waals surface area contributed by atoms with Crippen LogP contribution >= 0.6 is 0 Å². The van der Waals surface area contributed by atoms with E-state index in [1.54, 1.807) is 36.4 Å². The second-order valence-electron chi connectivity index (χ2n) is 9.68. The Morgan fingerprint density at radius 3 is 2.29 bits per heavy atom. The van der Waals surface area contributed by atoms with Crippen LogP contribution in [-0.4, -0.2) is 18.4 Å². The number of hydrogen-bond acceptors (Lipinski definition) is 4. The Morgan fingerprint density at radius 1 is 0.971 bits per heavy atom. The molecule has 1 fully saturated rings. The van der Waals surface area contributed by atoms with Gasteiger partial charge in [-0.1, -0.05) is 59.1 Å². The summed E-state index contributed by atoms with van der Waals surface area (Å²) in [5, 5.41) is 0. The molecule has 0 bridgehead atoms. The topological polar surface area (TPSA) is 52.6 Å². The van der Waals surface area contributed by atoms with E-state index < -0.39 is 5.97 Å². The van der Waals surface area contributed by atoms with Gasteiger partial charge in [-0.25, -0.2) is 4.79 Å². The van der Waals surface area contributed by atoms with Crippen molar-refractivity contribution in [2.24, 2.45) is 17.8 Å². The monoisotopic (exact) mass is 462 g/mol. The van der Waals surface area contributed by atoms with Crippen LogP contribution in [0.5, 0.6) is 11.5 Å². The molecule has 0 unspecified atom stereocenters. The average Bonchev–Trinajstić information content (AvgIpc) is 2.83. The summed E-state index contributed by atoms with van der Waals surface area (Å²) in [6, 6.07) is 14.4. The third kappa shape index (κ3) is 7.06. The van der Waals surface area contributed by atoms with Gasteiger partial charge in [-0.15, -0.1) is 0 Å². The van der Waals surface area contributed by atoms with E-state index in [9.17, 15) is 9.59 Å². The van der Waals surface area contributed by atoms with Crippen LogP contribution in [0.15, 0.2) is 54.1 Å². The minimum absolute atomic E-state index is 0.112. The summed E-state index contributed by atoms with van der Waals surface area (Å²) < 4.78 is 11.3. The van der Waals surface area contributed by atoms with E-state index >= 15 is 0 Å². The van der Waals surface area contributed by atoms with Gasteiger partial charge in [-0.3, -0.25) is 4.79 Å². The third-order valence-electron chi connectivity index (χ3n) is 6.64. The highest BCUT2D eigenvalue weighted by molar-refractivity contribution is 6.02. The molecule has 0 spiro atoms. The van der Waals surface area contributed by atoms with Crippen LogP contribution in [0.4, 0.5) is 0 Å². The Balaban J connectivity index is 1.57. The van der Waals surface area contributed by atoms with Gasteiger partial charge in [0.1, 0.15) is 11.5 Å². The maximum absolute atomic E-state index is 12.9. The van der Waals surface area contributed by atoms with Gasteiger partial charge in [0.15, 0.2) is 5.78 Å². The van der Waals surface area contributed by atoms with E-state index in [1.807, 2.05) is 18.2 Å². The number of hydrogen-bond donors (Lipinski definition) is 0. The summed E-state index contributed by atoms with van der Waals surface area (Å²) in [6.07, 6.45) is 8.64. The summed E-state index contributed by atoms with van der Waals surface area (Å²) in [5.41, 5.74) is 2.33.